The van der Waals surface area contributed by atoms with E-state index in [1.807, 2.05) is 0 Å². The predicted molar refractivity (Wildman–Crippen MR) is 35.7 cm³/mol. The summed E-state index contributed by atoms with van der Waals surface area (Å²) in [6, 6.07) is 0. The Morgan fingerprint density at radius 1 is 1.00 bits per heavy atom. The van der Waals surface area contributed by atoms with Crippen LogP contribution in [-0.4, -0.2) is 13.9 Å². The zero-order valence-corrected chi connectivity index (χ0v) is 2.71. The standard InChI is InChI=1S/CH4.BH3.H3N.H2O.H2S/h1H4;2*1H3;2*1H2. The van der Waals surface area contributed by atoms with Gasteiger partial charge in [-0.25, -0.2) is 0 Å². The Morgan fingerprint density at radius 3 is 1.00 bits per heavy atom. The summed E-state index contributed by atoms with van der Waals surface area (Å²) < 4.78 is 0. The van der Waals surface area contributed by atoms with Crippen LogP contribution in [0.5, 0.6) is 0 Å². The van der Waals surface area contributed by atoms with Crippen LogP contribution in [0.3, 0.4) is 0 Å². The summed E-state index contributed by atoms with van der Waals surface area (Å²) >= 11 is 0. The van der Waals surface area contributed by atoms with E-state index in [0.29, 0.717) is 0 Å². The Balaban J connectivity index is 0. The third kappa shape index (κ3) is 211. The zero-order valence-electron chi connectivity index (χ0n) is 1.71. The van der Waals surface area contributed by atoms with E-state index in [1.165, 1.54) is 0 Å². The molecule has 0 unspecified atom stereocenters. The monoisotopic (exact) mass is 99.1 g/mol. The minimum atomic E-state index is 0. The predicted octanol–water partition coefficient (Wildman–Crippen LogP) is -1.10. The minimum Gasteiger partial charge on any atom is -0.412 e. The van der Waals surface area contributed by atoms with Gasteiger partial charge >= 0.3 is 0 Å². The molecule has 0 aliphatic heterocycles. The first-order valence-corrected chi connectivity index (χ1v) is 0. The van der Waals surface area contributed by atoms with E-state index in [4.69, 9.17) is 0 Å². The van der Waals surface area contributed by atoms with Crippen molar-refractivity contribution in [2.75, 3.05) is 0 Å². The molecule has 0 spiro atoms. The van der Waals surface area contributed by atoms with Gasteiger partial charge in [0.2, 0.25) is 0 Å². The second-order valence-corrected chi connectivity index (χ2v) is 0. The smallest absolute Gasteiger partial charge is 0.0814 e. The molecule has 38 valence electrons. The van der Waals surface area contributed by atoms with E-state index in [2.05, 4.69) is 0 Å². The van der Waals surface area contributed by atoms with Gasteiger partial charge in [0.1, 0.15) is 0 Å². The topological polar surface area (TPSA) is 66.5 Å². The van der Waals surface area contributed by atoms with Gasteiger partial charge in [0.05, 0.1) is 8.41 Å². The molecule has 4 heteroatoms. The fraction of sp³-hybridized carbons (Fsp3) is 1.00. The molecule has 0 saturated carbocycles. The Morgan fingerprint density at radius 2 is 1.00 bits per heavy atom. The summed E-state index contributed by atoms with van der Waals surface area (Å²) in [5.74, 6) is 0. The van der Waals surface area contributed by atoms with Crippen LogP contribution in [0.15, 0.2) is 0 Å². The first-order valence-electron chi connectivity index (χ1n) is 0. The van der Waals surface area contributed by atoms with Crippen LogP contribution in [0.2, 0.25) is 0 Å². The minimum absolute atomic E-state index is 0. The molecule has 5 heavy (non-hydrogen) atoms. The number of hydrogen-bond donors (Lipinski definition) is 1. The molecule has 0 radical (unpaired) electrons. The highest BCUT2D eigenvalue weighted by Gasteiger charge is 0.0814. The van der Waals surface area contributed by atoms with Gasteiger partial charge in [-0.1, -0.05) is 7.43 Å². The molecule has 0 fully saturated rings. The molecule has 0 rings (SSSR count). The Kier molecular flexibility index (Phi) is 76800. The lowest BCUT2D eigenvalue weighted by Gasteiger charge is -0.412. The molecule has 2 nitrogen and oxygen atoms in total. The quantitative estimate of drug-likeness (QED) is 0.385. The molecule has 0 heterocycles. The lowest BCUT2D eigenvalue weighted by Crippen LogP contribution is -0.481. The summed E-state index contributed by atoms with van der Waals surface area (Å²) in [6.45, 7) is 0. The van der Waals surface area contributed by atoms with E-state index in [1.54, 1.807) is 0 Å². The van der Waals surface area contributed by atoms with Crippen LogP contribution in [-0.2, 0) is 0 Å². The highest BCUT2D eigenvalue weighted by Crippen LogP contribution is 0.648. The second-order valence-electron chi connectivity index (χ2n) is 0. The van der Waals surface area contributed by atoms with Crippen molar-refractivity contribution in [1.29, 1.82) is 0 Å². The van der Waals surface area contributed by atoms with E-state index in [0.717, 1.165) is 0 Å². The molecular weight excluding hydrogens is 84.9 g/mol. The molecule has 0 aromatic carbocycles. The van der Waals surface area contributed by atoms with Gasteiger partial charge in [-0.3, -0.25) is 0 Å². The summed E-state index contributed by atoms with van der Waals surface area (Å²) in [5.41, 5.74) is 0. The number of hydrogen-bond acceptors (Lipinski definition) is 1. The van der Waals surface area contributed by atoms with E-state index in [9.17, 15) is 0 Å². The van der Waals surface area contributed by atoms with E-state index < -0.39 is 0 Å². The Hall–Kier alpha value is 0.335. The van der Waals surface area contributed by atoms with Crippen molar-refractivity contribution in [3.63, 3.8) is 0 Å². The molecule has 0 amide bonds. The van der Waals surface area contributed by atoms with Crippen LogP contribution >= 0.6 is 13.5 Å². The zero-order chi connectivity index (χ0) is 0. The molecule has 0 aromatic heterocycles. The van der Waals surface area contributed by atoms with Crippen molar-refractivity contribution < 1.29 is 5.48 Å². The first kappa shape index (κ1) is 894. The van der Waals surface area contributed by atoms with Crippen molar-refractivity contribution in [1.82, 2.24) is 6.15 Å². The van der Waals surface area contributed by atoms with Crippen LogP contribution in [0.4, 0.5) is 0 Å². The lowest BCUT2D eigenvalue weighted by molar-refractivity contribution is 0.824. The summed E-state index contributed by atoms with van der Waals surface area (Å²) in [6.07, 6.45) is 0. The van der Waals surface area contributed by atoms with Gasteiger partial charge in [0.15, 0.2) is 0 Å². The van der Waals surface area contributed by atoms with E-state index in [-0.39, 0.29) is 41.0 Å². The van der Waals surface area contributed by atoms with Crippen LogP contribution in [0.25, 0.3) is 0 Å². The van der Waals surface area contributed by atoms with Crippen molar-refractivity contribution in [3.8, 4) is 0 Å². The van der Waals surface area contributed by atoms with Crippen LogP contribution in [0.1, 0.15) is 7.43 Å². The summed E-state index contributed by atoms with van der Waals surface area (Å²) in [5, 5.41) is 0. The molecule has 5 N–H and O–H groups in total. The second kappa shape index (κ2) is 430. The molecule has 0 bridgehead atoms. The lowest BCUT2D eigenvalue weighted by atomic mass is 10.8. The molecule has 0 aliphatic carbocycles. The van der Waals surface area contributed by atoms with Gasteiger partial charge in [-0.15, -0.1) is 0 Å². The van der Waals surface area contributed by atoms with Gasteiger partial charge in [-0.05, 0) is 0 Å². The maximum atomic E-state index is 0. The van der Waals surface area contributed by atoms with E-state index >= 15 is 0 Å². The summed E-state index contributed by atoms with van der Waals surface area (Å²) in [7, 11) is 0. The largest absolute Gasteiger partial charge is 0.412 e. The Bertz CT molecular complexity index is 11.6. The third-order valence-electron chi connectivity index (χ3n) is 0. The number of rotatable bonds is 0. The van der Waals surface area contributed by atoms with Gasteiger partial charge in [0, 0.05) is 0 Å². The van der Waals surface area contributed by atoms with Crippen molar-refractivity contribution >= 4 is 21.9 Å². The normalized spacial score (nSPS) is 0. The average molecular weight is 99.0 g/mol. The van der Waals surface area contributed by atoms with Crippen molar-refractivity contribution in [3.05, 3.63) is 0 Å². The van der Waals surface area contributed by atoms with Gasteiger partial charge in [-0.2, -0.15) is 13.5 Å². The third-order valence-corrected chi connectivity index (χ3v) is 0. The van der Waals surface area contributed by atoms with Crippen LogP contribution in [0, 0.1) is 0 Å². The molecule has 0 aliphatic rings. The fourth-order valence-electron chi connectivity index (χ4n) is 0. The maximum absolute atomic E-state index is 0. The molecule has 0 atom stereocenters. The first-order chi connectivity index (χ1) is 0. The fourth-order valence-corrected chi connectivity index (χ4v) is 0. The SMILES string of the molecule is B.C.N.O.S. The Labute approximate surface area is 41.9 Å². The highest BCUT2D eigenvalue weighted by atomic mass is 32.1. The molecule has 0 saturated heterocycles. The van der Waals surface area contributed by atoms with Crippen molar-refractivity contribution in [2.24, 2.45) is 0 Å². The summed E-state index contributed by atoms with van der Waals surface area (Å²) in [4.78, 5) is 0. The highest BCUT2D eigenvalue weighted by molar-refractivity contribution is 7.59. The van der Waals surface area contributed by atoms with Crippen molar-refractivity contribution in [2.45, 2.75) is 7.43 Å². The maximum Gasteiger partial charge on any atom is 0.0814 e. The van der Waals surface area contributed by atoms with Gasteiger partial charge < -0.3 is 11.6 Å². The molecule has 0 aromatic rings. The average Bonchev–Trinajstić information content (AvgIpc) is 0. The van der Waals surface area contributed by atoms with Gasteiger partial charge in [0.25, 0.3) is 0 Å². The van der Waals surface area contributed by atoms with Crippen LogP contribution < -0.4 is 6.15 Å². The molecular formula is CH14BNOS.